The Hall–Kier alpha value is -3.45. The molecule has 0 aliphatic carbocycles. The van der Waals surface area contributed by atoms with Crippen molar-refractivity contribution in [2.24, 2.45) is 0 Å². The molecule has 144 valence electrons. The lowest BCUT2D eigenvalue weighted by atomic mass is 10.2. The average Bonchev–Trinajstić information content (AvgIpc) is 2.77. The first-order chi connectivity index (χ1) is 13.7. The van der Waals surface area contributed by atoms with E-state index in [0.29, 0.717) is 18.8 Å². The summed E-state index contributed by atoms with van der Waals surface area (Å²) in [4.78, 5) is 31.7. The summed E-state index contributed by atoms with van der Waals surface area (Å²) in [6.07, 6.45) is 7.57. The smallest absolute Gasteiger partial charge is 0.267 e. The number of carbonyl (C=O) groups is 2. The molecular weight excluding hydrogens is 356 g/mol. The van der Waals surface area contributed by atoms with Gasteiger partial charge in [-0.05, 0) is 35.9 Å². The van der Waals surface area contributed by atoms with E-state index in [9.17, 15) is 9.59 Å². The summed E-state index contributed by atoms with van der Waals surface area (Å²) in [6.45, 7) is 3.00. The summed E-state index contributed by atoms with van der Waals surface area (Å²) in [5.74, 6) is -0.639. The highest BCUT2D eigenvalue weighted by Crippen LogP contribution is 2.15. The van der Waals surface area contributed by atoms with Gasteiger partial charge in [0, 0.05) is 50.2 Å². The van der Waals surface area contributed by atoms with Crippen LogP contribution in [-0.2, 0) is 9.59 Å². The molecule has 0 spiro atoms. The van der Waals surface area contributed by atoms with Crippen molar-refractivity contribution in [2.75, 3.05) is 31.1 Å². The van der Waals surface area contributed by atoms with Crippen LogP contribution in [0.2, 0.25) is 0 Å². The number of amides is 2. The van der Waals surface area contributed by atoms with Crippen LogP contribution < -0.4 is 10.4 Å². The number of piperazine rings is 1. The molecule has 3 rings (SSSR count). The minimum Gasteiger partial charge on any atom is -0.368 e. The Morgan fingerprint density at radius 2 is 1.71 bits per heavy atom. The number of carbonyl (C=O) groups excluding carboxylic acids is 2. The van der Waals surface area contributed by atoms with E-state index in [1.165, 1.54) is 23.3 Å². The minimum absolute atomic E-state index is 0.0173. The van der Waals surface area contributed by atoms with Crippen LogP contribution in [0.3, 0.4) is 0 Å². The van der Waals surface area contributed by atoms with Crippen molar-refractivity contribution in [3.05, 3.63) is 72.1 Å². The maximum absolute atomic E-state index is 12.4. The van der Waals surface area contributed by atoms with E-state index in [1.54, 1.807) is 30.5 Å². The van der Waals surface area contributed by atoms with Crippen molar-refractivity contribution in [1.29, 1.82) is 0 Å². The third-order valence-corrected chi connectivity index (χ3v) is 4.46. The van der Waals surface area contributed by atoms with E-state index in [2.05, 4.69) is 22.0 Å². The van der Waals surface area contributed by atoms with E-state index < -0.39 is 5.91 Å². The van der Waals surface area contributed by atoms with Crippen LogP contribution in [0.4, 0.5) is 5.69 Å². The van der Waals surface area contributed by atoms with Crippen molar-refractivity contribution in [3.8, 4) is 0 Å². The number of para-hydroxylation sites is 1. The van der Waals surface area contributed by atoms with Crippen LogP contribution in [0.5, 0.6) is 0 Å². The number of nitrogens with one attached hydrogen (secondary N) is 1. The summed E-state index contributed by atoms with van der Waals surface area (Å²) >= 11 is 0. The second kappa shape index (κ2) is 9.48. The van der Waals surface area contributed by atoms with Crippen molar-refractivity contribution < 1.29 is 14.8 Å². The third kappa shape index (κ3) is 5.28. The Morgan fingerprint density at radius 3 is 2.36 bits per heavy atom. The highest BCUT2D eigenvalue weighted by Gasteiger charge is 2.19. The third-order valence-electron chi connectivity index (χ3n) is 4.46. The molecule has 7 heteroatoms. The predicted octanol–water partition coefficient (Wildman–Crippen LogP) is 1.96. The largest absolute Gasteiger partial charge is 0.368 e. The quantitative estimate of drug-likeness (QED) is 0.472. The fourth-order valence-electron chi connectivity index (χ4n) is 2.91. The van der Waals surface area contributed by atoms with Crippen molar-refractivity contribution >= 4 is 29.7 Å². The first-order valence-electron chi connectivity index (χ1n) is 9.01. The minimum atomic E-state index is -0.622. The molecule has 0 saturated carbocycles. The Morgan fingerprint density at radius 1 is 0.964 bits per heavy atom. The molecular formula is C21H22N4O3. The number of rotatable bonds is 5. The van der Waals surface area contributed by atoms with E-state index in [1.807, 2.05) is 23.1 Å². The summed E-state index contributed by atoms with van der Waals surface area (Å²) in [7, 11) is 0. The van der Waals surface area contributed by atoms with Gasteiger partial charge in [-0.3, -0.25) is 19.8 Å². The van der Waals surface area contributed by atoms with Gasteiger partial charge in [-0.2, -0.15) is 0 Å². The lowest BCUT2D eigenvalue weighted by Gasteiger charge is -2.35. The van der Waals surface area contributed by atoms with Crippen LogP contribution in [0.1, 0.15) is 11.3 Å². The number of anilines is 1. The zero-order valence-electron chi connectivity index (χ0n) is 15.4. The van der Waals surface area contributed by atoms with E-state index >= 15 is 0 Å². The Labute approximate surface area is 163 Å². The maximum Gasteiger partial charge on any atom is 0.267 e. The average molecular weight is 378 g/mol. The van der Waals surface area contributed by atoms with Crippen molar-refractivity contribution in [3.63, 3.8) is 0 Å². The molecule has 1 aliphatic rings. The lowest BCUT2D eigenvalue weighted by Crippen LogP contribution is -2.48. The van der Waals surface area contributed by atoms with Gasteiger partial charge in [0.05, 0.1) is 5.69 Å². The molecule has 2 heterocycles. The normalized spacial score (nSPS) is 14.6. The van der Waals surface area contributed by atoms with Gasteiger partial charge in [0.1, 0.15) is 0 Å². The van der Waals surface area contributed by atoms with Gasteiger partial charge in [-0.1, -0.05) is 24.3 Å². The number of aromatic nitrogens is 1. The predicted molar refractivity (Wildman–Crippen MR) is 107 cm³/mol. The summed E-state index contributed by atoms with van der Waals surface area (Å²) < 4.78 is 0. The van der Waals surface area contributed by atoms with Crippen LogP contribution >= 0.6 is 0 Å². The topological polar surface area (TPSA) is 85.8 Å². The fraction of sp³-hybridized carbons (Fsp3) is 0.190. The molecule has 2 N–H and O–H groups in total. The van der Waals surface area contributed by atoms with E-state index in [4.69, 9.17) is 5.21 Å². The van der Waals surface area contributed by atoms with Gasteiger partial charge in [-0.15, -0.1) is 0 Å². The molecule has 1 aromatic carbocycles. The molecule has 0 unspecified atom stereocenters. The zero-order chi connectivity index (χ0) is 19.8. The number of hydrogen-bond donors (Lipinski definition) is 2. The van der Waals surface area contributed by atoms with Gasteiger partial charge < -0.3 is 9.80 Å². The van der Waals surface area contributed by atoms with E-state index in [-0.39, 0.29) is 5.91 Å². The first-order valence-corrected chi connectivity index (χ1v) is 9.01. The van der Waals surface area contributed by atoms with Crippen molar-refractivity contribution in [2.45, 2.75) is 0 Å². The van der Waals surface area contributed by atoms with Gasteiger partial charge in [0.15, 0.2) is 0 Å². The molecule has 2 aromatic rings. The molecule has 1 fully saturated rings. The summed E-state index contributed by atoms with van der Waals surface area (Å²) in [5, 5.41) is 8.44. The Bertz CT molecular complexity index is 855. The number of pyridine rings is 1. The fourth-order valence-corrected chi connectivity index (χ4v) is 2.91. The Balaban J connectivity index is 1.51. The van der Waals surface area contributed by atoms with Gasteiger partial charge >= 0.3 is 0 Å². The molecule has 28 heavy (non-hydrogen) atoms. The molecule has 0 atom stereocenters. The molecule has 1 aliphatic heterocycles. The van der Waals surface area contributed by atoms with E-state index in [0.717, 1.165) is 18.7 Å². The summed E-state index contributed by atoms with van der Waals surface area (Å²) in [5.41, 5.74) is 4.06. The second-order valence-electron chi connectivity index (χ2n) is 6.31. The highest BCUT2D eigenvalue weighted by molar-refractivity contribution is 5.92. The molecule has 0 radical (unpaired) electrons. The van der Waals surface area contributed by atoms with Crippen molar-refractivity contribution in [1.82, 2.24) is 15.4 Å². The van der Waals surface area contributed by atoms with Crippen LogP contribution in [0.25, 0.3) is 12.2 Å². The first kappa shape index (κ1) is 19.3. The molecule has 1 aromatic heterocycles. The number of benzene rings is 1. The zero-order valence-corrected chi connectivity index (χ0v) is 15.4. The highest BCUT2D eigenvalue weighted by atomic mass is 16.5. The number of nitrogens with zero attached hydrogens (tertiary/aromatic N) is 3. The Kier molecular flexibility index (Phi) is 6.54. The molecule has 0 bridgehead atoms. The number of hydrogen-bond acceptors (Lipinski definition) is 5. The van der Waals surface area contributed by atoms with Gasteiger partial charge in [-0.25, -0.2) is 5.48 Å². The van der Waals surface area contributed by atoms with Gasteiger partial charge in [0.2, 0.25) is 5.91 Å². The molecule has 2 amide bonds. The lowest BCUT2D eigenvalue weighted by molar-refractivity contribution is -0.126. The van der Waals surface area contributed by atoms with Crippen LogP contribution in [-0.4, -0.2) is 53.1 Å². The summed E-state index contributed by atoms with van der Waals surface area (Å²) in [6, 6.07) is 13.7. The standard InChI is InChI=1S/C21H22N4O3/c26-20(23-28)10-9-18-8-6-17(16-22-18)7-11-21(27)25-14-12-24(13-15-25)19-4-2-1-3-5-19/h1-11,16,28H,12-15H2,(H,23,26)/b10-9+,11-7+. The molecule has 1 saturated heterocycles. The van der Waals surface area contributed by atoms with Crippen LogP contribution in [0.15, 0.2) is 60.8 Å². The SMILES string of the molecule is O=C(/C=C/c1ccc(/C=C/C(=O)N2CCN(c3ccccc3)CC2)cn1)NO. The number of hydroxylamine groups is 1. The monoisotopic (exact) mass is 378 g/mol. The maximum atomic E-state index is 12.4. The second-order valence-corrected chi connectivity index (χ2v) is 6.31. The van der Waals surface area contributed by atoms with Gasteiger partial charge in [0.25, 0.3) is 5.91 Å². The van der Waals surface area contributed by atoms with Crippen LogP contribution in [0, 0.1) is 0 Å². The molecule has 7 nitrogen and oxygen atoms in total.